The van der Waals surface area contributed by atoms with Crippen LogP contribution in [0, 0.1) is 6.92 Å². The number of carbonyl (C=O) groups excluding carboxylic acids is 1. The summed E-state index contributed by atoms with van der Waals surface area (Å²) in [4.78, 5) is 13.1. The number of benzene rings is 2. The molecule has 0 bridgehead atoms. The van der Waals surface area contributed by atoms with Gasteiger partial charge in [-0.15, -0.1) is 11.8 Å². The number of likely N-dealkylation sites (N-methyl/N-ethyl adjacent to an activating group) is 1. The van der Waals surface area contributed by atoms with Crippen molar-refractivity contribution < 1.29 is 4.79 Å². The van der Waals surface area contributed by atoms with Gasteiger partial charge in [-0.1, -0.05) is 42.8 Å². The minimum Gasteiger partial charge on any atom is -0.325 e. The third-order valence-electron chi connectivity index (χ3n) is 3.70. The number of carbonyl (C=O) groups is 1. The van der Waals surface area contributed by atoms with Crippen molar-refractivity contribution in [2.45, 2.75) is 25.2 Å². The molecule has 24 heavy (non-hydrogen) atoms. The summed E-state index contributed by atoms with van der Waals surface area (Å²) in [6, 6.07) is 13.5. The quantitative estimate of drug-likeness (QED) is 0.535. The number of nitrogens with one attached hydrogen (secondary N) is 2. The van der Waals surface area contributed by atoms with Crippen LogP contribution in [0.25, 0.3) is 0 Å². The second-order valence-corrected chi connectivity index (χ2v) is 6.86. The Hall–Kier alpha value is -1.49. The number of hydrogen-bond acceptors (Lipinski definition) is 3. The van der Waals surface area contributed by atoms with E-state index in [1.807, 2.05) is 36.4 Å². The molecule has 128 valence electrons. The standard InChI is InChI=1S/C19H23ClN2OS/c1-3-21-12-11-15-9-10-17(20)19(14(15)2)24-13-18(23)22-16-7-5-4-6-8-16/h4-10,21H,3,11-13H2,1-2H3,(H,22,23). The van der Waals surface area contributed by atoms with Crippen LogP contribution in [-0.4, -0.2) is 24.7 Å². The lowest BCUT2D eigenvalue weighted by molar-refractivity contribution is -0.113. The van der Waals surface area contributed by atoms with Crippen LogP contribution in [0.15, 0.2) is 47.4 Å². The van der Waals surface area contributed by atoms with Gasteiger partial charge in [0.25, 0.3) is 0 Å². The molecule has 0 spiro atoms. The van der Waals surface area contributed by atoms with Crippen molar-refractivity contribution in [3.63, 3.8) is 0 Å². The molecule has 0 aromatic heterocycles. The molecular weight excluding hydrogens is 340 g/mol. The van der Waals surface area contributed by atoms with Gasteiger partial charge in [-0.05, 0) is 55.8 Å². The zero-order valence-electron chi connectivity index (χ0n) is 14.1. The molecule has 5 heteroatoms. The van der Waals surface area contributed by atoms with Crippen LogP contribution in [0.2, 0.25) is 5.02 Å². The SMILES string of the molecule is CCNCCc1ccc(Cl)c(SCC(=O)Nc2ccccc2)c1C. The second kappa shape index (κ2) is 9.72. The number of halogens is 1. The first-order valence-electron chi connectivity index (χ1n) is 8.08. The number of hydrogen-bond donors (Lipinski definition) is 2. The summed E-state index contributed by atoms with van der Waals surface area (Å²) in [7, 11) is 0. The van der Waals surface area contributed by atoms with Crippen LogP contribution in [0.5, 0.6) is 0 Å². The van der Waals surface area contributed by atoms with Crippen LogP contribution in [0.4, 0.5) is 5.69 Å². The molecule has 1 amide bonds. The molecule has 0 heterocycles. The van der Waals surface area contributed by atoms with Gasteiger partial charge in [-0.2, -0.15) is 0 Å². The molecule has 0 radical (unpaired) electrons. The van der Waals surface area contributed by atoms with Gasteiger partial charge in [0.1, 0.15) is 0 Å². The molecule has 0 saturated heterocycles. The normalized spacial score (nSPS) is 10.6. The van der Waals surface area contributed by atoms with Crippen LogP contribution in [-0.2, 0) is 11.2 Å². The van der Waals surface area contributed by atoms with E-state index in [1.165, 1.54) is 17.3 Å². The number of rotatable bonds is 8. The first-order chi connectivity index (χ1) is 11.6. The minimum absolute atomic E-state index is 0.0280. The molecule has 0 unspecified atom stereocenters. The van der Waals surface area contributed by atoms with Gasteiger partial charge in [-0.25, -0.2) is 0 Å². The third kappa shape index (κ3) is 5.55. The second-order valence-electron chi connectivity index (χ2n) is 5.47. The first-order valence-corrected chi connectivity index (χ1v) is 9.44. The highest BCUT2D eigenvalue weighted by molar-refractivity contribution is 8.00. The summed E-state index contributed by atoms with van der Waals surface area (Å²) in [6.07, 6.45) is 0.959. The van der Waals surface area contributed by atoms with Crippen molar-refractivity contribution in [2.75, 3.05) is 24.2 Å². The molecule has 3 nitrogen and oxygen atoms in total. The van der Waals surface area contributed by atoms with E-state index in [0.29, 0.717) is 10.8 Å². The Balaban J connectivity index is 1.98. The zero-order valence-corrected chi connectivity index (χ0v) is 15.6. The number of para-hydroxylation sites is 1. The predicted molar refractivity (Wildman–Crippen MR) is 104 cm³/mol. The van der Waals surface area contributed by atoms with Gasteiger partial charge in [0.05, 0.1) is 10.8 Å². The molecule has 0 saturated carbocycles. The van der Waals surface area contributed by atoms with Crippen LogP contribution >= 0.6 is 23.4 Å². The Kier molecular flexibility index (Phi) is 7.63. The molecule has 0 atom stereocenters. The lowest BCUT2D eigenvalue weighted by atomic mass is 10.1. The van der Waals surface area contributed by atoms with E-state index in [-0.39, 0.29) is 5.91 Å². The highest BCUT2D eigenvalue weighted by Gasteiger charge is 2.12. The van der Waals surface area contributed by atoms with E-state index in [1.54, 1.807) is 0 Å². The summed E-state index contributed by atoms with van der Waals surface area (Å²) in [5, 5.41) is 6.93. The number of thioether (sulfide) groups is 1. The van der Waals surface area contributed by atoms with Gasteiger partial charge < -0.3 is 10.6 Å². The van der Waals surface area contributed by atoms with Crippen molar-refractivity contribution in [3.8, 4) is 0 Å². The smallest absolute Gasteiger partial charge is 0.234 e. The van der Waals surface area contributed by atoms with Crippen molar-refractivity contribution in [3.05, 3.63) is 58.6 Å². The summed E-state index contributed by atoms with van der Waals surface area (Å²) >= 11 is 7.83. The molecular formula is C19H23ClN2OS. The summed E-state index contributed by atoms with van der Waals surface area (Å²) in [6.45, 7) is 6.08. The highest BCUT2D eigenvalue weighted by Crippen LogP contribution is 2.32. The Labute approximate surface area is 153 Å². The van der Waals surface area contributed by atoms with Crippen LogP contribution in [0.1, 0.15) is 18.1 Å². The maximum Gasteiger partial charge on any atom is 0.234 e. The summed E-state index contributed by atoms with van der Waals surface area (Å²) < 4.78 is 0. The monoisotopic (exact) mass is 362 g/mol. The van der Waals surface area contributed by atoms with Crippen molar-refractivity contribution >= 4 is 35.0 Å². The van der Waals surface area contributed by atoms with E-state index >= 15 is 0 Å². The molecule has 0 aliphatic heterocycles. The minimum atomic E-state index is -0.0280. The lowest BCUT2D eigenvalue weighted by Gasteiger charge is -2.13. The number of amides is 1. The highest BCUT2D eigenvalue weighted by atomic mass is 35.5. The Morgan fingerprint density at radius 3 is 2.62 bits per heavy atom. The van der Waals surface area contributed by atoms with Gasteiger partial charge >= 0.3 is 0 Å². The first kappa shape index (κ1) is 18.8. The van der Waals surface area contributed by atoms with Gasteiger partial charge in [0.2, 0.25) is 5.91 Å². The number of anilines is 1. The fourth-order valence-corrected chi connectivity index (χ4v) is 3.67. The molecule has 2 aromatic rings. The summed E-state index contributed by atoms with van der Waals surface area (Å²) in [5.74, 6) is 0.311. The molecule has 0 aliphatic rings. The van der Waals surface area contributed by atoms with E-state index in [4.69, 9.17) is 11.6 Å². The van der Waals surface area contributed by atoms with E-state index < -0.39 is 0 Å². The van der Waals surface area contributed by atoms with E-state index in [9.17, 15) is 4.79 Å². The average Bonchev–Trinajstić information content (AvgIpc) is 2.58. The largest absolute Gasteiger partial charge is 0.325 e. The maximum absolute atomic E-state index is 12.1. The van der Waals surface area contributed by atoms with E-state index in [2.05, 4.69) is 30.5 Å². The van der Waals surface area contributed by atoms with Crippen molar-refractivity contribution in [2.24, 2.45) is 0 Å². The summed E-state index contributed by atoms with van der Waals surface area (Å²) in [5.41, 5.74) is 3.24. The van der Waals surface area contributed by atoms with Gasteiger partial charge in [-0.3, -0.25) is 4.79 Å². The van der Waals surface area contributed by atoms with Crippen molar-refractivity contribution in [1.29, 1.82) is 0 Å². The maximum atomic E-state index is 12.1. The predicted octanol–water partition coefficient (Wildman–Crippen LogP) is 4.53. The van der Waals surface area contributed by atoms with Crippen LogP contribution in [0.3, 0.4) is 0 Å². The van der Waals surface area contributed by atoms with Crippen LogP contribution < -0.4 is 10.6 Å². The van der Waals surface area contributed by atoms with E-state index in [0.717, 1.165) is 35.7 Å². The topological polar surface area (TPSA) is 41.1 Å². The van der Waals surface area contributed by atoms with Gasteiger partial charge in [0.15, 0.2) is 0 Å². The lowest BCUT2D eigenvalue weighted by Crippen LogP contribution is -2.16. The average molecular weight is 363 g/mol. The molecule has 0 fully saturated rings. The van der Waals surface area contributed by atoms with Gasteiger partial charge in [0, 0.05) is 10.6 Å². The fourth-order valence-electron chi connectivity index (χ4n) is 2.40. The molecule has 0 aliphatic carbocycles. The Morgan fingerprint density at radius 1 is 1.17 bits per heavy atom. The zero-order chi connectivity index (χ0) is 17.4. The Bertz CT molecular complexity index is 677. The third-order valence-corrected chi connectivity index (χ3v) is 5.34. The van der Waals surface area contributed by atoms with Crippen molar-refractivity contribution in [1.82, 2.24) is 5.32 Å². The molecule has 2 rings (SSSR count). The molecule has 2 N–H and O–H groups in total. The Morgan fingerprint density at radius 2 is 1.92 bits per heavy atom. The fraction of sp³-hybridized carbons (Fsp3) is 0.316. The molecule has 2 aromatic carbocycles.